The molecule has 0 bridgehead atoms. The lowest BCUT2D eigenvalue weighted by molar-refractivity contribution is -0.202. The van der Waals surface area contributed by atoms with Gasteiger partial charge in [-0.15, -0.1) is 0 Å². The first kappa shape index (κ1) is 21.9. The average Bonchev–Trinajstić information content (AvgIpc) is 3.51. The fraction of sp³-hybridized carbons (Fsp3) is 0.429. The number of aliphatic hydroxyl groups excluding tert-OH is 1. The van der Waals surface area contributed by atoms with Crippen LogP contribution in [0.25, 0.3) is 0 Å². The molecule has 0 radical (unpaired) electrons. The number of ether oxygens (including phenoxy) is 1. The molecule has 0 amide bonds. The summed E-state index contributed by atoms with van der Waals surface area (Å²) in [4.78, 5) is 0. The minimum absolute atomic E-state index is 0.115. The highest BCUT2D eigenvalue weighted by Gasteiger charge is 2.44. The first-order valence-corrected chi connectivity index (χ1v) is 10.6. The van der Waals surface area contributed by atoms with Crippen LogP contribution in [-0.2, 0) is 0 Å². The van der Waals surface area contributed by atoms with Crippen molar-refractivity contribution in [2.45, 2.75) is 31.0 Å². The van der Waals surface area contributed by atoms with Gasteiger partial charge in [0, 0.05) is 11.8 Å². The highest BCUT2D eigenvalue weighted by Crippen LogP contribution is 2.36. The first-order valence-electron chi connectivity index (χ1n) is 9.40. The van der Waals surface area contributed by atoms with Crippen LogP contribution in [0.4, 0.5) is 17.6 Å². The van der Waals surface area contributed by atoms with E-state index in [1.165, 1.54) is 25.0 Å². The fourth-order valence-corrected chi connectivity index (χ4v) is 4.10. The van der Waals surface area contributed by atoms with Crippen molar-refractivity contribution in [3.05, 3.63) is 65.7 Å². The van der Waals surface area contributed by atoms with Gasteiger partial charge >= 0.3 is 6.11 Å². The van der Waals surface area contributed by atoms with Crippen LogP contribution in [0.1, 0.15) is 24.4 Å². The Morgan fingerprint density at radius 3 is 2.17 bits per heavy atom. The van der Waals surface area contributed by atoms with Crippen LogP contribution in [0.15, 0.2) is 48.5 Å². The second-order valence-electron chi connectivity index (χ2n) is 7.13. The van der Waals surface area contributed by atoms with Crippen LogP contribution in [0.2, 0.25) is 0 Å². The van der Waals surface area contributed by atoms with Gasteiger partial charge in [0.2, 0.25) is 0 Å². The number of aliphatic hydroxyl groups is 1. The second kappa shape index (κ2) is 9.82. The number of nitrogens with one attached hydrogen (secondary N) is 1. The summed E-state index contributed by atoms with van der Waals surface area (Å²) in [5, 5.41) is 12.4. The van der Waals surface area contributed by atoms with Gasteiger partial charge in [-0.25, -0.2) is 8.78 Å². The first-order chi connectivity index (χ1) is 13.9. The summed E-state index contributed by atoms with van der Waals surface area (Å²) in [6.45, 7) is -0.331. The zero-order chi connectivity index (χ0) is 20.9. The van der Waals surface area contributed by atoms with Gasteiger partial charge in [-0.2, -0.15) is 20.5 Å². The van der Waals surface area contributed by atoms with Crippen molar-refractivity contribution in [2.24, 2.45) is 5.92 Å². The van der Waals surface area contributed by atoms with Gasteiger partial charge in [-0.05, 0) is 66.5 Å². The highest BCUT2D eigenvalue weighted by atomic mass is 32.2. The summed E-state index contributed by atoms with van der Waals surface area (Å²) in [7, 11) is 0. The van der Waals surface area contributed by atoms with E-state index >= 15 is 8.78 Å². The molecule has 2 N–H and O–H groups in total. The molecule has 29 heavy (non-hydrogen) atoms. The van der Waals surface area contributed by atoms with Crippen molar-refractivity contribution in [1.82, 2.24) is 5.32 Å². The molecule has 8 heteroatoms. The smallest absolute Gasteiger partial charge is 0.417 e. The monoisotopic (exact) mass is 429 g/mol. The molecule has 0 spiro atoms. The van der Waals surface area contributed by atoms with Crippen LogP contribution in [0.3, 0.4) is 0 Å². The molecule has 1 aliphatic carbocycles. The molecule has 2 aromatic rings. The molecule has 1 saturated carbocycles. The summed E-state index contributed by atoms with van der Waals surface area (Å²) in [6, 6.07) is 6.72. The number of hydrogen-bond acceptors (Lipinski definition) is 4. The molecular formula is C21H23F4NO2S. The predicted molar refractivity (Wildman–Crippen MR) is 105 cm³/mol. The Bertz CT molecular complexity index is 769. The van der Waals surface area contributed by atoms with Gasteiger partial charge < -0.3 is 9.84 Å². The lowest BCUT2D eigenvalue weighted by Gasteiger charge is -2.31. The quantitative estimate of drug-likeness (QED) is 0.505. The van der Waals surface area contributed by atoms with E-state index in [4.69, 9.17) is 4.74 Å². The number of alkyl halides is 2. The zero-order valence-corrected chi connectivity index (χ0v) is 16.5. The Kier molecular flexibility index (Phi) is 7.43. The molecular weight excluding hydrogens is 406 g/mol. The highest BCUT2D eigenvalue weighted by molar-refractivity contribution is 7.99. The van der Waals surface area contributed by atoms with Crippen molar-refractivity contribution in [3.8, 4) is 5.75 Å². The molecule has 3 rings (SSSR count). The maximum absolute atomic E-state index is 15.1. The number of benzene rings is 2. The normalized spacial score (nSPS) is 16.4. The minimum Gasteiger partial charge on any atom is -0.431 e. The van der Waals surface area contributed by atoms with Crippen LogP contribution in [-0.4, -0.2) is 35.4 Å². The van der Waals surface area contributed by atoms with Gasteiger partial charge in [0.05, 0.1) is 6.61 Å². The molecule has 0 saturated heterocycles. The molecule has 2 aromatic carbocycles. The van der Waals surface area contributed by atoms with Crippen molar-refractivity contribution in [2.75, 3.05) is 18.1 Å². The van der Waals surface area contributed by atoms with E-state index in [2.05, 4.69) is 5.32 Å². The number of thioether (sulfide) groups is 1. The van der Waals surface area contributed by atoms with Gasteiger partial charge in [-0.1, -0.05) is 12.1 Å². The van der Waals surface area contributed by atoms with Crippen LogP contribution >= 0.6 is 11.8 Å². The summed E-state index contributed by atoms with van der Waals surface area (Å²) in [6.07, 6.45) is -1.36. The Hall–Kier alpha value is -1.77. The topological polar surface area (TPSA) is 41.5 Å². The lowest BCUT2D eigenvalue weighted by atomic mass is 10.0. The van der Waals surface area contributed by atoms with Gasteiger partial charge in [0.1, 0.15) is 23.4 Å². The Balaban J connectivity index is 1.76. The standard InChI is InChI=1S/C21H23F4NO2S/c22-16-5-3-15(4-6-16)20(26-18(11-27)13-29-12-14-1-2-14)21(24,25)28-19-9-7-17(23)8-10-19/h3-10,14,18,20,26-27H,1-2,11-13H2/t18?,20-/m1/s1. The Morgan fingerprint density at radius 1 is 1.03 bits per heavy atom. The SMILES string of the molecule is OCC(CSCC1CC1)N[C@H](c1ccc(F)cc1)C(F)(F)Oc1ccc(F)cc1. The second-order valence-corrected chi connectivity index (χ2v) is 8.20. The largest absolute Gasteiger partial charge is 0.431 e. The van der Waals surface area contributed by atoms with Gasteiger partial charge in [0.25, 0.3) is 0 Å². The fourth-order valence-electron chi connectivity index (χ4n) is 2.81. The van der Waals surface area contributed by atoms with Crippen molar-refractivity contribution >= 4 is 11.8 Å². The molecule has 3 nitrogen and oxygen atoms in total. The van der Waals surface area contributed by atoms with E-state index in [1.54, 1.807) is 11.8 Å². The molecule has 0 heterocycles. The molecule has 0 aromatic heterocycles. The molecule has 158 valence electrons. The zero-order valence-electron chi connectivity index (χ0n) is 15.7. The molecule has 0 aliphatic heterocycles. The van der Waals surface area contributed by atoms with Crippen molar-refractivity contribution in [3.63, 3.8) is 0 Å². The third-order valence-corrected chi connectivity index (χ3v) is 5.94. The van der Waals surface area contributed by atoms with Crippen LogP contribution < -0.4 is 10.1 Å². The number of halogens is 4. The summed E-state index contributed by atoms with van der Waals surface area (Å²) >= 11 is 1.60. The summed E-state index contributed by atoms with van der Waals surface area (Å²) in [5.41, 5.74) is 0.115. The van der Waals surface area contributed by atoms with E-state index in [9.17, 15) is 13.9 Å². The minimum atomic E-state index is -3.73. The summed E-state index contributed by atoms with van der Waals surface area (Å²) < 4.78 is 61.3. The van der Waals surface area contributed by atoms with E-state index in [1.807, 2.05) is 0 Å². The van der Waals surface area contributed by atoms with Crippen LogP contribution in [0.5, 0.6) is 5.75 Å². The summed E-state index contributed by atoms with van der Waals surface area (Å²) in [5.74, 6) is 0.750. The van der Waals surface area contributed by atoms with Gasteiger partial charge in [0.15, 0.2) is 0 Å². The molecule has 1 fully saturated rings. The number of hydrogen-bond donors (Lipinski definition) is 2. The third-order valence-electron chi connectivity index (χ3n) is 4.60. The molecule has 1 unspecified atom stereocenters. The lowest BCUT2D eigenvalue weighted by Crippen LogP contribution is -2.48. The van der Waals surface area contributed by atoms with E-state index in [0.29, 0.717) is 11.7 Å². The Labute approximate surface area is 171 Å². The molecule has 2 atom stereocenters. The Morgan fingerprint density at radius 2 is 1.62 bits per heavy atom. The van der Waals surface area contributed by atoms with E-state index < -0.39 is 29.8 Å². The maximum atomic E-state index is 15.1. The van der Waals surface area contributed by atoms with Crippen molar-refractivity contribution in [1.29, 1.82) is 0 Å². The number of rotatable bonds is 11. The molecule has 1 aliphatic rings. The van der Waals surface area contributed by atoms with E-state index in [-0.39, 0.29) is 17.9 Å². The third kappa shape index (κ3) is 6.62. The van der Waals surface area contributed by atoms with Crippen LogP contribution in [0, 0.1) is 17.6 Å². The average molecular weight is 429 g/mol. The van der Waals surface area contributed by atoms with Crippen molar-refractivity contribution < 1.29 is 27.4 Å². The van der Waals surface area contributed by atoms with Gasteiger partial charge in [-0.3, -0.25) is 5.32 Å². The van der Waals surface area contributed by atoms with E-state index in [0.717, 1.165) is 42.2 Å². The maximum Gasteiger partial charge on any atom is 0.417 e. The predicted octanol–water partition coefficient (Wildman–Crippen LogP) is 4.77.